The minimum atomic E-state index is -2.20. The molecule has 0 aliphatic carbocycles. The molecule has 0 fully saturated rings. The Labute approximate surface area is 78.0 Å². The molecule has 1 aromatic rings. The summed E-state index contributed by atoms with van der Waals surface area (Å²) in [4.78, 5) is 10.8. The molecular weight excluding hydrogens is 190 g/mol. The fraction of sp³-hybridized carbons (Fsp3) is 0.125. The van der Waals surface area contributed by atoms with E-state index in [9.17, 15) is 13.6 Å². The highest BCUT2D eigenvalue weighted by molar-refractivity contribution is 7.78. The molecule has 1 unspecified atom stereocenters. The summed E-state index contributed by atoms with van der Waals surface area (Å²) in [6.45, 7) is 0. The van der Waals surface area contributed by atoms with E-state index in [0.29, 0.717) is 5.56 Å². The zero-order valence-electron chi connectivity index (χ0n) is 6.73. The van der Waals surface area contributed by atoms with Gasteiger partial charge in [0.25, 0.3) is 0 Å². The fourth-order valence-electron chi connectivity index (χ4n) is 1.01. The van der Waals surface area contributed by atoms with Gasteiger partial charge in [0.1, 0.15) is 0 Å². The molecule has 0 aromatic heterocycles. The van der Waals surface area contributed by atoms with E-state index in [2.05, 4.69) is 0 Å². The molecule has 0 spiro atoms. The maximum Gasteiger partial charge on any atom is 0.249 e. The molecule has 0 saturated carbocycles. The molecule has 1 rings (SSSR count). The average Bonchev–Trinajstić information content (AvgIpc) is 2.03. The molecule has 1 amide bonds. The van der Waals surface area contributed by atoms with Crippen LogP contribution in [0.5, 0.6) is 0 Å². The summed E-state index contributed by atoms with van der Waals surface area (Å²) in [7, 11) is 0. The molecule has 0 aliphatic rings. The van der Waals surface area contributed by atoms with Gasteiger partial charge in [-0.25, -0.2) is 0 Å². The molecule has 0 heterocycles. The molecule has 0 bridgehead atoms. The van der Waals surface area contributed by atoms with Crippen LogP contribution in [0.25, 0.3) is 0 Å². The number of amides is 1. The summed E-state index contributed by atoms with van der Waals surface area (Å²) in [6.07, 6.45) is 0. The smallest absolute Gasteiger partial charge is 0.249 e. The van der Waals surface area contributed by atoms with Gasteiger partial charge in [0.05, 0.1) is 0 Å². The van der Waals surface area contributed by atoms with E-state index in [1.54, 1.807) is 18.2 Å². The van der Waals surface area contributed by atoms with Crippen LogP contribution >= 0.6 is 0 Å². The van der Waals surface area contributed by atoms with Crippen LogP contribution in [-0.4, -0.2) is 14.7 Å². The van der Waals surface area contributed by atoms with Gasteiger partial charge in [-0.15, -0.1) is 0 Å². The third-order valence-electron chi connectivity index (χ3n) is 1.56. The van der Waals surface area contributed by atoms with Gasteiger partial charge in [0, 0.05) is 11.3 Å². The molecule has 0 radical (unpaired) electrons. The lowest BCUT2D eigenvalue weighted by Crippen LogP contribution is -2.14. The molecule has 0 saturated heterocycles. The van der Waals surface area contributed by atoms with Gasteiger partial charge in [-0.05, 0) is 11.6 Å². The van der Waals surface area contributed by atoms with Crippen molar-refractivity contribution in [1.29, 1.82) is 0 Å². The molecule has 70 valence electrons. The van der Waals surface area contributed by atoms with E-state index in [-0.39, 0.29) is 11.3 Å². The molecule has 1 aromatic carbocycles. The SMILES string of the molecule is NC(=O)c1ccccc1CS(=O)[O-]. The highest BCUT2D eigenvalue weighted by Crippen LogP contribution is 2.09. The summed E-state index contributed by atoms with van der Waals surface area (Å²) in [6, 6.07) is 6.37. The summed E-state index contributed by atoms with van der Waals surface area (Å²) in [5, 5.41) is 0. The Morgan fingerprint density at radius 1 is 1.46 bits per heavy atom. The van der Waals surface area contributed by atoms with Gasteiger partial charge in [0.2, 0.25) is 5.91 Å². The van der Waals surface area contributed by atoms with Crippen LogP contribution in [0.1, 0.15) is 15.9 Å². The number of hydrogen-bond donors (Lipinski definition) is 1. The number of nitrogens with two attached hydrogens (primary N) is 1. The van der Waals surface area contributed by atoms with Gasteiger partial charge >= 0.3 is 0 Å². The molecule has 2 N–H and O–H groups in total. The van der Waals surface area contributed by atoms with Crippen molar-refractivity contribution in [2.45, 2.75) is 5.75 Å². The monoisotopic (exact) mass is 198 g/mol. The van der Waals surface area contributed by atoms with Crippen LogP contribution in [0.4, 0.5) is 0 Å². The predicted octanol–water partition coefficient (Wildman–Crippen LogP) is 0.165. The van der Waals surface area contributed by atoms with Crippen molar-refractivity contribution in [2.24, 2.45) is 5.73 Å². The van der Waals surface area contributed by atoms with Crippen molar-refractivity contribution in [3.63, 3.8) is 0 Å². The average molecular weight is 198 g/mol. The maximum absolute atomic E-state index is 10.8. The van der Waals surface area contributed by atoms with E-state index in [4.69, 9.17) is 5.73 Å². The topological polar surface area (TPSA) is 83.2 Å². The van der Waals surface area contributed by atoms with Crippen LogP contribution < -0.4 is 5.73 Å². The highest BCUT2D eigenvalue weighted by Gasteiger charge is 2.05. The van der Waals surface area contributed by atoms with Crippen molar-refractivity contribution < 1.29 is 13.6 Å². The van der Waals surface area contributed by atoms with E-state index >= 15 is 0 Å². The largest absolute Gasteiger partial charge is 0.772 e. The first kappa shape index (κ1) is 9.88. The summed E-state index contributed by atoms with van der Waals surface area (Å²) < 4.78 is 20.8. The number of benzene rings is 1. The van der Waals surface area contributed by atoms with Crippen LogP contribution in [0.15, 0.2) is 24.3 Å². The van der Waals surface area contributed by atoms with Gasteiger partial charge in [0.15, 0.2) is 0 Å². The lowest BCUT2D eigenvalue weighted by molar-refractivity contribution is 0.0999. The predicted molar refractivity (Wildman–Crippen MR) is 47.6 cm³/mol. The maximum atomic E-state index is 10.8. The second-order valence-electron chi connectivity index (χ2n) is 2.47. The quantitative estimate of drug-likeness (QED) is 0.702. The van der Waals surface area contributed by atoms with Gasteiger partial charge < -0.3 is 10.3 Å². The zero-order chi connectivity index (χ0) is 9.84. The lowest BCUT2D eigenvalue weighted by atomic mass is 10.1. The summed E-state index contributed by atoms with van der Waals surface area (Å²) in [5.74, 6) is -0.792. The minimum Gasteiger partial charge on any atom is -0.772 e. The molecule has 0 aliphatic heterocycles. The van der Waals surface area contributed by atoms with Crippen LogP contribution in [0.2, 0.25) is 0 Å². The highest BCUT2D eigenvalue weighted by atomic mass is 32.2. The number of rotatable bonds is 3. The number of carbonyl (C=O) groups excluding carboxylic acids is 1. The number of hydrogen-bond acceptors (Lipinski definition) is 3. The van der Waals surface area contributed by atoms with Crippen LogP contribution in [-0.2, 0) is 16.8 Å². The van der Waals surface area contributed by atoms with Gasteiger partial charge in [-0.3, -0.25) is 9.00 Å². The Morgan fingerprint density at radius 3 is 2.62 bits per heavy atom. The van der Waals surface area contributed by atoms with Crippen LogP contribution in [0.3, 0.4) is 0 Å². The summed E-state index contributed by atoms with van der Waals surface area (Å²) >= 11 is -2.20. The van der Waals surface area contributed by atoms with Crippen molar-refractivity contribution in [2.75, 3.05) is 0 Å². The van der Waals surface area contributed by atoms with Crippen molar-refractivity contribution in [3.8, 4) is 0 Å². The fourth-order valence-corrected chi connectivity index (χ4v) is 1.52. The van der Waals surface area contributed by atoms with E-state index < -0.39 is 17.0 Å². The third kappa shape index (κ3) is 2.64. The van der Waals surface area contributed by atoms with Crippen molar-refractivity contribution in [1.82, 2.24) is 0 Å². The first-order valence-corrected chi connectivity index (χ1v) is 4.79. The van der Waals surface area contributed by atoms with E-state index in [1.165, 1.54) is 6.07 Å². The Morgan fingerprint density at radius 2 is 2.08 bits per heavy atom. The second kappa shape index (κ2) is 4.15. The Balaban J connectivity index is 3.04. The summed E-state index contributed by atoms with van der Waals surface area (Å²) in [5.41, 5.74) is 5.74. The number of carbonyl (C=O) groups is 1. The van der Waals surface area contributed by atoms with Crippen LogP contribution in [0, 0.1) is 0 Å². The number of primary amides is 1. The first-order chi connectivity index (χ1) is 6.11. The van der Waals surface area contributed by atoms with E-state index in [1.807, 2.05) is 0 Å². The Hall–Kier alpha value is -1.20. The lowest BCUT2D eigenvalue weighted by Gasteiger charge is -2.07. The standard InChI is InChI=1S/C8H9NO3S/c9-8(10)7-4-2-1-3-6(7)5-13(11)12/h1-4H,5H2,(H2,9,10)(H,11,12)/p-1. The Kier molecular flexibility index (Phi) is 3.16. The molecule has 5 heteroatoms. The zero-order valence-corrected chi connectivity index (χ0v) is 7.54. The third-order valence-corrected chi connectivity index (χ3v) is 2.10. The van der Waals surface area contributed by atoms with E-state index in [0.717, 1.165) is 0 Å². The molecular formula is C8H8NO3S-. The molecule has 1 atom stereocenters. The first-order valence-electron chi connectivity index (χ1n) is 3.55. The second-order valence-corrected chi connectivity index (χ2v) is 3.37. The molecule has 4 nitrogen and oxygen atoms in total. The van der Waals surface area contributed by atoms with Gasteiger partial charge in [-0.1, -0.05) is 29.3 Å². The minimum absolute atomic E-state index is 0.181. The van der Waals surface area contributed by atoms with Crippen molar-refractivity contribution in [3.05, 3.63) is 35.4 Å². The normalized spacial score (nSPS) is 12.4. The van der Waals surface area contributed by atoms with Crippen molar-refractivity contribution >= 4 is 17.0 Å². The van der Waals surface area contributed by atoms with Gasteiger partial charge in [-0.2, -0.15) is 0 Å². The Bertz CT molecular complexity index is 351. The molecule has 13 heavy (non-hydrogen) atoms.